The molecule has 0 saturated carbocycles. The van der Waals surface area contributed by atoms with Gasteiger partial charge in [0.25, 0.3) is 0 Å². The van der Waals surface area contributed by atoms with Crippen LogP contribution in [0.1, 0.15) is 43.5 Å². The third-order valence-corrected chi connectivity index (χ3v) is 4.90. The summed E-state index contributed by atoms with van der Waals surface area (Å²) in [5.74, 6) is 0. The predicted octanol–water partition coefficient (Wildman–Crippen LogP) is 4.23. The Hall–Kier alpha value is -3.25. The Kier molecular flexibility index (Phi) is 5.66. The lowest BCUT2D eigenvalue weighted by atomic mass is 9.76. The second kappa shape index (κ2) is 8.01. The number of rotatable bonds is 5. The van der Waals surface area contributed by atoms with Gasteiger partial charge in [-0.2, -0.15) is 0 Å². The summed E-state index contributed by atoms with van der Waals surface area (Å²) in [5, 5.41) is 22.4. The largest absolute Gasteiger partial charge is 0.465 e. The Labute approximate surface area is 170 Å². The SMILES string of the molecule is CC(C)(C)N(C(=O)O)[C@H](c1ccccc1)C(O)(c1cccnc1)c1cccnc1. The van der Waals surface area contributed by atoms with Crippen molar-refractivity contribution in [1.29, 1.82) is 0 Å². The summed E-state index contributed by atoms with van der Waals surface area (Å²) in [4.78, 5) is 22.1. The number of aromatic nitrogens is 2. The topological polar surface area (TPSA) is 86.6 Å². The molecule has 1 atom stereocenters. The van der Waals surface area contributed by atoms with Crippen LogP contribution in [0.5, 0.6) is 0 Å². The standard InChI is InChI=1S/C23H25N3O3/c1-22(2,3)26(21(27)28)20(17-9-5-4-6-10-17)23(29,18-11-7-13-24-15-18)19-12-8-14-25-16-19/h4-16,20,29H,1-3H3,(H,27,28)/t20-/m1/s1. The molecule has 2 N–H and O–H groups in total. The molecule has 6 nitrogen and oxygen atoms in total. The van der Waals surface area contributed by atoms with Crippen molar-refractivity contribution in [2.45, 2.75) is 38.0 Å². The maximum atomic E-state index is 12.5. The lowest BCUT2D eigenvalue weighted by Crippen LogP contribution is -2.54. The normalized spacial score (nSPS) is 13.0. The van der Waals surface area contributed by atoms with E-state index in [2.05, 4.69) is 9.97 Å². The highest BCUT2D eigenvalue weighted by Gasteiger charge is 2.49. The monoisotopic (exact) mass is 391 g/mol. The summed E-state index contributed by atoms with van der Waals surface area (Å²) in [6.45, 7) is 5.43. The van der Waals surface area contributed by atoms with E-state index >= 15 is 0 Å². The van der Waals surface area contributed by atoms with E-state index in [1.54, 1.807) is 49.1 Å². The van der Waals surface area contributed by atoms with Gasteiger partial charge in [0.05, 0.1) is 6.04 Å². The summed E-state index contributed by atoms with van der Waals surface area (Å²) in [6, 6.07) is 15.2. The first-order valence-corrected chi connectivity index (χ1v) is 9.37. The van der Waals surface area contributed by atoms with Gasteiger partial charge < -0.3 is 10.2 Å². The molecule has 1 amide bonds. The third kappa shape index (κ3) is 3.98. The van der Waals surface area contributed by atoms with Crippen LogP contribution in [0.3, 0.4) is 0 Å². The highest BCUT2D eigenvalue weighted by atomic mass is 16.4. The van der Waals surface area contributed by atoms with E-state index in [1.165, 1.54) is 4.90 Å². The van der Waals surface area contributed by atoms with Gasteiger partial charge in [0, 0.05) is 41.5 Å². The zero-order valence-electron chi connectivity index (χ0n) is 16.7. The number of aliphatic hydroxyl groups is 1. The second-order valence-electron chi connectivity index (χ2n) is 7.89. The Morgan fingerprint density at radius 3 is 1.79 bits per heavy atom. The molecule has 0 aliphatic heterocycles. The number of hydrogen-bond donors (Lipinski definition) is 2. The molecule has 150 valence electrons. The molecule has 0 unspecified atom stereocenters. The number of nitrogens with zero attached hydrogens (tertiary/aromatic N) is 3. The molecular formula is C23H25N3O3. The zero-order valence-corrected chi connectivity index (χ0v) is 16.7. The fourth-order valence-electron chi connectivity index (χ4n) is 3.66. The molecule has 3 aromatic rings. The molecule has 0 bridgehead atoms. The second-order valence-corrected chi connectivity index (χ2v) is 7.89. The average Bonchev–Trinajstić information content (AvgIpc) is 2.72. The van der Waals surface area contributed by atoms with Crippen LogP contribution >= 0.6 is 0 Å². The van der Waals surface area contributed by atoms with Crippen LogP contribution in [0.2, 0.25) is 0 Å². The maximum absolute atomic E-state index is 12.5. The van der Waals surface area contributed by atoms with Crippen LogP contribution < -0.4 is 0 Å². The number of hydrogen-bond acceptors (Lipinski definition) is 4. The van der Waals surface area contributed by atoms with E-state index in [1.807, 2.05) is 51.1 Å². The molecule has 1 aromatic carbocycles. The molecule has 29 heavy (non-hydrogen) atoms. The Bertz CT molecular complexity index is 902. The van der Waals surface area contributed by atoms with Gasteiger partial charge in [-0.3, -0.25) is 14.9 Å². The molecule has 0 fully saturated rings. The number of pyridine rings is 2. The van der Waals surface area contributed by atoms with Crippen molar-refractivity contribution >= 4 is 6.09 Å². The first kappa shape index (κ1) is 20.5. The van der Waals surface area contributed by atoms with Gasteiger partial charge in [0.2, 0.25) is 0 Å². The molecule has 0 radical (unpaired) electrons. The molecule has 0 aliphatic carbocycles. The first-order chi connectivity index (χ1) is 13.8. The summed E-state index contributed by atoms with van der Waals surface area (Å²) in [6.07, 6.45) is 5.22. The Morgan fingerprint density at radius 2 is 1.41 bits per heavy atom. The van der Waals surface area contributed by atoms with Gasteiger partial charge in [-0.1, -0.05) is 42.5 Å². The van der Waals surface area contributed by atoms with Gasteiger partial charge in [0.1, 0.15) is 5.60 Å². The van der Waals surface area contributed by atoms with Gasteiger partial charge in [-0.15, -0.1) is 0 Å². The molecule has 2 aromatic heterocycles. The fraction of sp³-hybridized carbons (Fsp3) is 0.261. The fourth-order valence-corrected chi connectivity index (χ4v) is 3.66. The van der Waals surface area contributed by atoms with Crippen molar-refractivity contribution in [1.82, 2.24) is 14.9 Å². The minimum atomic E-state index is -1.71. The van der Waals surface area contributed by atoms with E-state index in [-0.39, 0.29) is 0 Å². The van der Waals surface area contributed by atoms with E-state index in [0.717, 1.165) is 0 Å². The molecule has 0 aliphatic rings. The van der Waals surface area contributed by atoms with E-state index in [4.69, 9.17) is 0 Å². The van der Waals surface area contributed by atoms with Crippen molar-refractivity contribution in [2.75, 3.05) is 0 Å². The minimum Gasteiger partial charge on any atom is -0.465 e. The van der Waals surface area contributed by atoms with Gasteiger partial charge in [-0.05, 0) is 38.5 Å². The molecule has 0 saturated heterocycles. The van der Waals surface area contributed by atoms with Crippen LogP contribution in [0.4, 0.5) is 4.79 Å². The van der Waals surface area contributed by atoms with Crippen molar-refractivity contribution in [3.8, 4) is 0 Å². The highest BCUT2D eigenvalue weighted by Crippen LogP contribution is 2.46. The van der Waals surface area contributed by atoms with Crippen LogP contribution in [-0.2, 0) is 5.60 Å². The third-order valence-electron chi connectivity index (χ3n) is 4.90. The summed E-state index contributed by atoms with van der Waals surface area (Å²) < 4.78 is 0. The Morgan fingerprint density at radius 1 is 0.897 bits per heavy atom. The number of amides is 1. The molecule has 0 spiro atoms. The molecule has 3 rings (SSSR count). The Balaban J connectivity index is 2.37. The van der Waals surface area contributed by atoms with Crippen LogP contribution in [0, 0.1) is 0 Å². The maximum Gasteiger partial charge on any atom is 0.408 e. The predicted molar refractivity (Wildman–Crippen MR) is 110 cm³/mol. The van der Waals surface area contributed by atoms with E-state index < -0.39 is 23.3 Å². The van der Waals surface area contributed by atoms with Crippen LogP contribution in [0.15, 0.2) is 79.4 Å². The highest BCUT2D eigenvalue weighted by molar-refractivity contribution is 5.68. The molecular weight excluding hydrogens is 366 g/mol. The number of benzene rings is 1. The molecule has 2 heterocycles. The summed E-state index contributed by atoms with van der Waals surface area (Å²) in [5.41, 5.74) is -0.866. The van der Waals surface area contributed by atoms with Gasteiger partial charge in [-0.25, -0.2) is 4.79 Å². The van der Waals surface area contributed by atoms with Crippen LogP contribution in [-0.4, -0.2) is 36.7 Å². The van der Waals surface area contributed by atoms with E-state index in [9.17, 15) is 15.0 Å². The number of carbonyl (C=O) groups is 1. The zero-order chi connectivity index (χ0) is 21.1. The number of carboxylic acid groups (broad SMARTS) is 1. The lowest BCUT2D eigenvalue weighted by Gasteiger charge is -2.47. The quantitative estimate of drug-likeness (QED) is 0.680. The van der Waals surface area contributed by atoms with Crippen molar-refractivity contribution in [3.63, 3.8) is 0 Å². The average molecular weight is 391 g/mol. The molecule has 6 heteroatoms. The summed E-state index contributed by atoms with van der Waals surface area (Å²) >= 11 is 0. The van der Waals surface area contributed by atoms with Crippen LogP contribution in [0.25, 0.3) is 0 Å². The first-order valence-electron chi connectivity index (χ1n) is 9.37. The van der Waals surface area contributed by atoms with Gasteiger partial charge in [0.15, 0.2) is 0 Å². The van der Waals surface area contributed by atoms with Crippen molar-refractivity contribution in [2.24, 2.45) is 0 Å². The van der Waals surface area contributed by atoms with E-state index in [0.29, 0.717) is 16.7 Å². The smallest absolute Gasteiger partial charge is 0.408 e. The lowest BCUT2D eigenvalue weighted by molar-refractivity contribution is -0.0459. The van der Waals surface area contributed by atoms with Gasteiger partial charge >= 0.3 is 6.09 Å². The summed E-state index contributed by atoms with van der Waals surface area (Å²) in [7, 11) is 0. The minimum absolute atomic E-state index is 0.484. The van der Waals surface area contributed by atoms with Crippen molar-refractivity contribution < 1.29 is 15.0 Å². The van der Waals surface area contributed by atoms with Crippen molar-refractivity contribution in [3.05, 3.63) is 96.1 Å².